The van der Waals surface area contributed by atoms with Gasteiger partial charge in [0.2, 0.25) is 5.91 Å². The highest BCUT2D eigenvalue weighted by Crippen LogP contribution is 2.28. The molecule has 0 saturated heterocycles. The number of alkyl halides is 1. The summed E-state index contributed by atoms with van der Waals surface area (Å²) in [6.45, 7) is 9.32. The van der Waals surface area contributed by atoms with E-state index in [0.717, 1.165) is 18.5 Å². The lowest BCUT2D eigenvalue weighted by molar-refractivity contribution is -0.116. The first-order valence-corrected chi connectivity index (χ1v) is 8.21. The van der Waals surface area contributed by atoms with Crippen molar-refractivity contribution >= 4 is 23.2 Å². The topological polar surface area (TPSA) is 29.5 Å². The van der Waals surface area contributed by atoms with Crippen LogP contribution in [-0.4, -0.2) is 31.0 Å². The van der Waals surface area contributed by atoms with Gasteiger partial charge in [0.15, 0.2) is 0 Å². The number of carbonyl (C=O) groups excluding carboxylic acids is 1. The summed E-state index contributed by atoms with van der Waals surface area (Å²) >= 11 is 5.82. The fraction of sp³-hybridized carbons (Fsp3) is 0.588. The van der Waals surface area contributed by atoms with Crippen molar-refractivity contribution in [1.82, 2.24) is 0 Å². The van der Waals surface area contributed by atoms with Crippen LogP contribution in [0.5, 0.6) is 0 Å². The third-order valence-corrected chi connectivity index (χ3v) is 3.77. The number of nitrogens with zero attached hydrogens (tertiary/aromatic N) is 1. The molecule has 0 fully saturated rings. The summed E-state index contributed by atoms with van der Waals surface area (Å²) in [4.78, 5) is 14.1. The zero-order valence-electron chi connectivity index (χ0n) is 13.5. The molecule has 0 N–H and O–H groups in total. The molecule has 1 amide bonds. The van der Waals surface area contributed by atoms with Crippen molar-refractivity contribution in [3.05, 3.63) is 29.3 Å². The molecule has 118 valence electrons. The molecule has 1 unspecified atom stereocenters. The van der Waals surface area contributed by atoms with Crippen molar-refractivity contribution < 1.29 is 9.53 Å². The number of anilines is 1. The molecular formula is C17H26ClNO2. The SMILES string of the molecule is CCOC(C)CN(C(=O)CCl)c1c(CC)cccc1CC. The maximum Gasteiger partial charge on any atom is 0.242 e. The van der Waals surface area contributed by atoms with E-state index in [1.54, 1.807) is 4.90 Å². The molecular weight excluding hydrogens is 286 g/mol. The lowest BCUT2D eigenvalue weighted by atomic mass is 10.0. The summed E-state index contributed by atoms with van der Waals surface area (Å²) in [5, 5.41) is 0. The molecule has 0 heterocycles. The third-order valence-electron chi connectivity index (χ3n) is 3.54. The Balaban J connectivity index is 3.22. The lowest BCUT2D eigenvalue weighted by Gasteiger charge is -2.29. The Hall–Kier alpha value is -1.06. The Morgan fingerprint density at radius 1 is 1.24 bits per heavy atom. The Labute approximate surface area is 133 Å². The van der Waals surface area contributed by atoms with E-state index < -0.39 is 0 Å². The number of amides is 1. The van der Waals surface area contributed by atoms with Crippen LogP contribution >= 0.6 is 11.6 Å². The molecule has 0 aliphatic carbocycles. The second kappa shape index (κ2) is 9.06. The van der Waals surface area contributed by atoms with Crippen molar-refractivity contribution in [3.63, 3.8) is 0 Å². The van der Waals surface area contributed by atoms with Crippen molar-refractivity contribution in [3.8, 4) is 0 Å². The quantitative estimate of drug-likeness (QED) is 0.683. The van der Waals surface area contributed by atoms with Crippen LogP contribution in [0.2, 0.25) is 0 Å². The average Bonchev–Trinajstić information content (AvgIpc) is 2.51. The molecule has 0 bridgehead atoms. The van der Waals surface area contributed by atoms with Gasteiger partial charge in [-0.05, 0) is 37.8 Å². The summed E-state index contributed by atoms with van der Waals surface area (Å²) in [5.74, 6) is -0.0844. The summed E-state index contributed by atoms with van der Waals surface area (Å²) < 4.78 is 5.60. The molecule has 0 aromatic heterocycles. The fourth-order valence-electron chi connectivity index (χ4n) is 2.55. The Morgan fingerprint density at radius 2 is 1.81 bits per heavy atom. The predicted molar refractivity (Wildman–Crippen MR) is 89.4 cm³/mol. The molecule has 0 spiro atoms. The summed E-state index contributed by atoms with van der Waals surface area (Å²) in [6.07, 6.45) is 1.76. The average molecular weight is 312 g/mol. The standard InChI is InChI=1S/C17H26ClNO2/c1-5-14-9-8-10-15(6-2)17(14)19(16(20)11-18)12-13(4)21-7-3/h8-10,13H,5-7,11-12H2,1-4H3. The van der Waals surface area contributed by atoms with Gasteiger partial charge in [-0.15, -0.1) is 11.6 Å². The minimum absolute atomic E-state index is 0.0138. The largest absolute Gasteiger partial charge is 0.377 e. The van der Waals surface area contributed by atoms with Crippen LogP contribution in [0.3, 0.4) is 0 Å². The van der Waals surface area contributed by atoms with E-state index in [9.17, 15) is 4.79 Å². The minimum Gasteiger partial charge on any atom is -0.377 e. The first kappa shape index (κ1) is 18.0. The number of ether oxygens (including phenoxy) is 1. The van der Waals surface area contributed by atoms with Crippen LogP contribution in [0.25, 0.3) is 0 Å². The van der Waals surface area contributed by atoms with E-state index in [4.69, 9.17) is 16.3 Å². The number of carbonyl (C=O) groups is 1. The van der Waals surface area contributed by atoms with Gasteiger partial charge in [0.25, 0.3) is 0 Å². The molecule has 1 rings (SSSR count). The van der Waals surface area contributed by atoms with Crippen LogP contribution in [0.1, 0.15) is 38.8 Å². The molecule has 4 heteroatoms. The zero-order valence-corrected chi connectivity index (χ0v) is 14.2. The van der Waals surface area contributed by atoms with Gasteiger partial charge >= 0.3 is 0 Å². The Bertz CT molecular complexity index is 440. The zero-order chi connectivity index (χ0) is 15.8. The van der Waals surface area contributed by atoms with E-state index in [1.807, 2.05) is 13.8 Å². The van der Waals surface area contributed by atoms with E-state index in [0.29, 0.717) is 13.2 Å². The number of hydrogen-bond donors (Lipinski definition) is 0. The monoisotopic (exact) mass is 311 g/mol. The van der Waals surface area contributed by atoms with Gasteiger partial charge in [-0.1, -0.05) is 32.0 Å². The van der Waals surface area contributed by atoms with Gasteiger partial charge in [-0.25, -0.2) is 0 Å². The van der Waals surface area contributed by atoms with Gasteiger partial charge in [0.05, 0.1) is 18.3 Å². The second-order valence-electron chi connectivity index (χ2n) is 5.04. The fourth-order valence-corrected chi connectivity index (χ4v) is 2.69. The highest BCUT2D eigenvalue weighted by Gasteiger charge is 2.22. The van der Waals surface area contributed by atoms with Gasteiger partial charge in [-0.2, -0.15) is 0 Å². The normalized spacial score (nSPS) is 12.2. The molecule has 0 aliphatic rings. The Morgan fingerprint density at radius 3 is 2.24 bits per heavy atom. The molecule has 1 atom stereocenters. The second-order valence-corrected chi connectivity index (χ2v) is 5.30. The van der Waals surface area contributed by atoms with Crippen molar-refractivity contribution in [2.75, 3.05) is 23.9 Å². The highest BCUT2D eigenvalue weighted by atomic mass is 35.5. The number of hydrogen-bond acceptors (Lipinski definition) is 2. The van der Waals surface area contributed by atoms with Gasteiger partial charge in [0, 0.05) is 6.61 Å². The van der Waals surface area contributed by atoms with Crippen LogP contribution in [-0.2, 0) is 22.4 Å². The molecule has 21 heavy (non-hydrogen) atoms. The van der Waals surface area contributed by atoms with E-state index >= 15 is 0 Å². The molecule has 1 aromatic carbocycles. The minimum atomic E-state index is -0.0705. The molecule has 1 aromatic rings. The van der Waals surface area contributed by atoms with Crippen molar-refractivity contribution in [2.45, 2.75) is 46.6 Å². The first-order valence-electron chi connectivity index (χ1n) is 7.67. The number of rotatable bonds is 8. The third kappa shape index (κ3) is 4.72. The van der Waals surface area contributed by atoms with Gasteiger partial charge in [0.1, 0.15) is 5.88 Å². The van der Waals surface area contributed by atoms with E-state index in [2.05, 4.69) is 32.0 Å². The molecule has 3 nitrogen and oxygen atoms in total. The maximum atomic E-state index is 12.3. The first-order chi connectivity index (χ1) is 10.1. The maximum absolute atomic E-state index is 12.3. The van der Waals surface area contributed by atoms with Crippen LogP contribution < -0.4 is 4.90 Å². The van der Waals surface area contributed by atoms with Gasteiger partial charge in [-0.3, -0.25) is 4.79 Å². The highest BCUT2D eigenvalue weighted by molar-refractivity contribution is 6.29. The van der Waals surface area contributed by atoms with E-state index in [-0.39, 0.29) is 17.9 Å². The number of para-hydroxylation sites is 1. The lowest BCUT2D eigenvalue weighted by Crippen LogP contribution is -2.39. The molecule has 0 saturated carbocycles. The smallest absolute Gasteiger partial charge is 0.242 e. The van der Waals surface area contributed by atoms with Crippen molar-refractivity contribution in [1.29, 1.82) is 0 Å². The summed E-state index contributed by atoms with van der Waals surface area (Å²) in [5.41, 5.74) is 3.37. The number of benzene rings is 1. The summed E-state index contributed by atoms with van der Waals surface area (Å²) in [6, 6.07) is 6.21. The molecule has 0 aliphatic heterocycles. The molecule has 0 radical (unpaired) electrons. The Kier molecular flexibility index (Phi) is 7.76. The van der Waals surface area contributed by atoms with E-state index in [1.165, 1.54) is 11.1 Å². The predicted octanol–water partition coefficient (Wildman–Crippen LogP) is 3.81. The van der Waals surface area contributed by atoms with Crippen LogP contribution in [0.4, 0.5) is 5.69 Å². The number of halogens is 1. The van der Waals surface area contributed by atoms with Crippen LogP contribution in [0, 0.1) is 0 Å². The number of aryl methyl sites for hydroxylation is 2. The van der Waals surface area contributed by atoms with Crippen molar-refractivity contribution in [2.24, 2.45) is 0 Å². The van der Waals surface area contributed by atoms with Gasteiger partial charge < -0.3 is 9.64 Å². The summed E-state index contributed by atoms with van der Waals surface area (Å²) in [7, 11) is 0. The van der Waals surface area contributed by atoms with Crippen LogP contribution in [0.15, 0.2) is 18.2 Å².